The van der Waals surface area contributed by atoms with Gasteiger partial charge in [0.15, 0.2) is 0 Å². The molecule has 44 valence electrons. The number of nitrogens with zero attached hydrogens (tertiary/aromatic N) is 2. The summed E-state index contributed by atoms with van der Waals surface area (Å²) < 4.78 is 12.0. The molecule has 8 heavy (non-hydrogen) atoms. The van der Waals surface area contributed by atoms with Crippen molar-refractivity contribution in [2.75, 3.05) is 0 Å². The lowest BCUT2D eigenvalue weighted by Crippen LogP contribution is -2.22. The lowest BCUT2D eigenvalue weighted by Gasteiger charge is -2.13. The van der Waals surface area contributed by atoms with Crippen LogP contribution < -0.4 is 0 Å². The van der Waals surface area contributed by atoms with E-state index in [-0.39, 0.29) is 5.12 Å². The van der Waals surface area contributed by atoms with Gasteiger partial charge in [0, 0.05) is 12.4 Å². The molecule has 0 aromatic carbocycles. The molecule has 0 spiro atoms. The molecule has 1 aliphatic rings. The Morgan fingerprint density at radius 2 is 2.50 bits per heavy atom. The minimum Gasteiger partial charge on any atom is -0.353 e. The van der Waals surface area contributed by atoms with Gasteiger partial charge in [0.2, 0.25) is 0 Å². The van der Waals surface area contributed by atoms with Gasteiger partial charge in [-0.15, -0.1) is 0 Å². The van der Waals surface area contributed by atoms with E-state index in [1.54, 1.807) is 0 Å². The van der Waals surface area contributed by atoms with E-state index in [0.717, 1.165) is 6.20 Å². The molecule has 1 N–H and O–H groups in total. The third-order valence-corrected chi connectivity index (χ3v) is 0.755. The predicted molar refractivity (Wildman–Crippen MR) is 26.6 cm³/mol. The fourth-order valence-electron chi connectivity index (χ4n) is 0.388. The van der Waals surface area contributed by atoms with Gasteiger partial charge in [-0.1, -0.05) is 4.48 Å². The highest BCUT2D eigenvalue weighted by molar-refractivity contribution is 5.71. The average Bonchev–Trinajstić information content (AvgIpc) is 1.77. The van der Waals surface area contributed by atoms with E-state index in [2.05, 4.69) is 4.99 Å². The number of aliphatic hydroxyl groups excluding tert-OH is 1. The van der Waals surface area contributed by atoms with Gasteiger partial charge in [0.1, 0.15) is 0 Å². The highest BCUT2D eigenvalue weighted by atomic mass is 19.2. The van der Waals surface area contributed by atoms with Crippen molar-refractivity contribution >= 4 is 6.21 Å². The monoisotopic (exact) mass is 116 g/mol. The van der Waals surface area contributed by atoms with Crippen molar-refractivity contribution in [1.82, 2.24) is 5.12 Å². The van der Waals surface area contributed by atoms with Crippen LogP contribution >= 0.6 is 0 Å². The Morgan fingerprint density at radius 1 is 1.75 bits per heavy atom. The molecule has 0 fully saturated rings. The number of aliphatic imine (C=N–C) groups is 1. The van der Waals surface area contributed by atoms with Crippen molar-refractivity contribution in [2.24, 2.45) is 4.99 Å². The maximum Gasteiger partial charge on any atom is 0.252 e. The van der Waals surface area contributed by atoms with Gasteiger partial charge in [0.05, 0.1) is 0 Å². The summed E-state index contributed by atoms with van der Waals surface area (Å²) in [6, 6.07) is 0. The Balaban J connectivity index is 2.59. The number of aliphatic hydroxyl groups is 1. The van der Waals surface area contributed by atoms with Crippen LogP contribution in [0.2, 0.25) is 0 Å². The first-order chi connectivity index (χ1) is 3.80. The van der Waals surface area contributed by atoms with Crippen molar-refractivity contribution in [3.63, 3.8) is 0 Å². The van der Waals surface area contributed by atoms with E-state index in [9.17, 15) is 4.48 Å². The molecule has 1 rings (SSSR count). The standard InChI is InChI=1S/C4H5FN2O/c5-7-3-1-2-6-4(7)8/h1-4,8H. The molecule has 4 heteroatoms. The molecule has 0 saturated carbocycles. The van der Waals surface area contributed by atoms with Crippen LogP contribution in [0.1, 0.15) is 0 Å². The largest absolute Gasteiger partial charge is 0.353 e. The third kappa shape index (κ3) is 0.840. The minimum absolute atomic E-state index is 0.111. The first-order valence-corrected chi connectivity index (χ1v) is 2.13. The molecule has 0 radical (unpaired) electrons. The van der Waals surface area contributed by atoms with E-state index in [1.807, 2.05) is 0 Å². The Labute approximate surface area is 45.7 Å². The molecule has 0 aromatic rings. The lowest BCUT2D eigenvalue weighted by atomic mass is 10.6. The normalized spacial score (nSPS) is 26.8. The number of rotatable bonds is 0. The summed E-state index contributed by atoms with van der Waals surface area (Å²) in [7, 11) is 0. The van der Waals surface area contributed by atoms with Gasteiger partial charge in [-0.25, -0.2) is 4.99 Å². The fourth-order valence-corrected chi connectivity index (χ4v) is 0.388. The van der Waals surface area contributed by atoms with Crippen molar-refractivity contribution in [3.8, 4) is 0 Å². The Kier molecular flexibility index (Phi) is 1.26. The second-order valence-electron chi connectivity index (χ2n) is 1.33. The highest BCUT2D eigenvalue weighted by Crippen LogP contribution is 2.01. The summed E-state index contributed by atoms with van der Waals surface area (Å²) in [6.07, 6.45) is 2.48. The molecule has 0 saturated heterocycles. The zero-order valence-electron chi connectivity index (χ0n) is 4.03. The Hall–Kier alpha value is -0.900. The topological polar surface area (TPSA) is 35.8 Å². The van der Waals surface area contributed by atoms with Gasteiger partial charge >= 0.3 is 0 Å². The summed E-state index contributed by atoms with van der Waals surface area (Å²) in [5, 5.41) is 8.59. The van der Waals surface area contributed by atoms with Crippen LogP contribution in [0, 0.1) is 0 Å². The van der Waals surface area contributed by atoms with E-state index in [1.165, 1.54) is 12.3 Å². The molecule has 0 amide bonds. The molecule has 0 bridgehead atoms. The minimum atomic E-state index is -1.35. The molecule has 0 aromatic heterocycles. The van der Waals surface area contributed by atoms with Crippen molar-refractivity contribution in [1.29, 1.82) is 0 Å². The first kappa shape index (κ1) is 5.24. The summed E-state index contributed by atoms with van der Waals surface area (Å²) in [4.78, 5) is 3.31. The maximum absolute atomic E-state index is 12.0. The maximum atomic E-state index is 12.0. The summed E-state index contributed by atoms with van der Waals surface area (Å²) >= 11 is 0. The highest BCUT2D eigenvalue weighted by Gasteiger charge is 2.08. The molecular formula is C4H5FN2O. The van der Waals surface area contributed by atoms with Crippen LogP contribution in [-0.2, 0) is 0 Å². The van der Waals surface area contributed by atoms with Gasteiger partial charge in [-0.3, -0.25) is 0 Å². The SMILES string of the molecule is OC1N=CC=CN1F. The van der Waals surface area contributed by atoms with E-state index >= 15 is 0 Å². The molecule has 0 aliphatic carbocycles. The number of hydrogen-bond acceptors (Lipinski definition) is 3. The molecule has 1 unspecified atom stereocenters. The van der Waals surface area contributed by atoms with Gasteiger partial charge in [-0.2, -0.15) is 5.12 Å². The molecule has 1 atom stereocenters. The second kappa shape index (κ2) is 1.92. The van der Waals surface area contributed by atoms with Crippen LogP contribution in [0.3, 0.4) is 0 Å². The Bertz CT molecular complexity index is 118. The second-order valence-corrected chi connectivity index (χ2v) is 1.33. The zero-order chi connectivity index (χ0) is 5.98. The molecular weight excluding hydrogens is 111 g/mol. The van der Waals surface area contributed by atoms with Crippen molar-refractivity contribution in [2.45, 2.75) is 6.35 Å². The van der Waals surface area contributed by atoms with Crippen molar-refractivity contribution < 1.29 is 9.59 Å². The Morgan fingerprint density at radius 3 is 2.88 bits per heavy atom. The van der Waals surface area contributed by atoms with Gasteiger partial charge < -0.3 is 5.11 Å². The molecule has 3 nitrogen and oxygen atoms in total. The predicted octanol–water partition coefficient (Wildman–Crippen LogP) is 0.0469. The van der Waals surface area contributed by atoms with Crippen molar-refractivity contribution in [3.05, 3.63) is 12.3 Å². The van der Waals surface area contributed by atoms with Gasteiger partial charge in [-0.05, 0) is 6.08 Å². The van der Waals surface area contributed by atoms with Crippen LogP contribution in [-0.4, -0.2) is 22.8 Å². The van der Waals surface area contributed by atoms with Crippen LogP contribution in [0.15, 0.2) is 17.3 Å². The average molecular weight is 116 g/mol. The summed E-state index contributed by atoms with van der Waals surface area (Å²) in [5.41, 5.74) is 0. The van der Waals surface area contributed by atoms with E-state index in [0.29, 0.717) is 0 Å². The number of halogens is 1. The fraction of sp³-hybridized carbons (Fsp3) is 0.250. The lowest BCUT2D eigenvalue weighted by molar-refractivity contribution is -0.0775. The van der Waals surface area contributed by atoms with Crippen LogP contribution in [0.5, 0.6) is 0 Å². The zero-order valence-corrected chi connectivity index (χ0v) is 4.03. The molecule has 1 aliphatic heterocycles. The third-order valence-electron chi connectivity index (χ3n) is 0.755. The van der Waals surface area contributed by atoms with Crippen LogP contribution in [0.4, 0.5) is 4.48 Å². The van der Waals surface area contributed by atoms with E-state index < -0.39 is 6.35 Å². The van der Waals surface area contributed by atoms with Gasteiger partial charge in [0.25, 0.3) is 6.35 Å². The van der Waals surface area contributed by atoms with Crippen LogP contribution in [0.25, 0.3) is 0 Å². The smallest absolute Gasteiger partial charge is 0.252 e. The quantitative estimate of drug-likeness (QED) is 0.454. The number of allylic oxidation sites excluding steroid dienone is 1. The summed E-state index contributed by atoms with van der Waals surface area (Å²) in [5.74, 6) is 0. The first-order valence-electron chi connectivity index (χ1n) is 2.13. The summed E-state index contributed by atoms with van der Waals surface area (Å²) in [6.45, 7) is 0. The number of hydrogen-bond donors (Lipinski definition) is 1. The molecule has 1 heterocycles. The van der Waals surface area contributed by atoms with E-state index in [4.69, 9.17) is 5.11 Å².